The van der Waals surface area contributed by atoms with Gasteiger partial charge in [0.1, 0.15) is 0 Å². The molecule has 3 rings (SSSR count). The molecule has 0 amide bonds. The van der Waals surface area contributed by atoms with Gasteiger partial charge in [-0.3, -0.25) is 14.8 Å². The monoisotopic (exact) mass is 260 g/mol. The first-order valence-corrected chi connectivity index (χ1v) is 7.39. The average molecular weight is 260 g/mol. The highest BCUT2D eigenvalue weighted by atomic mass is 15.3. The van der Waals surface area contributed by atoms with Crippen LogP contribution in [-0.2, 0) is 6.54 Å². The van der Waals surface area contributed by atoms with E-state index in [-0.39, 0.29) is 0 Å². The van der Waals surface area contributed by atoms with Gasteiger partial charge < -0.3 is 5.32 Å². The Kier molecular flexibility index (Phi) is 4.11. The van der Waals surface area contributed by atoms with E-state index in [4.69, 9.17) is 0 Å². The topological polar surface area (TPSA) is 31.4 Å². The van der Waals surface area contributed by atoms with Crippen LogP contribution in [0.5, 0.6) is 0 Å². The molecule has 2 saturated heterocycles. The Morgan fingerprint density at radius 1 is 1.32 bits per heavy atom. The molecule has 1 aromatic heterocycles. The molecule has 19 heavy (non-hydrogen) atoms. The summed E-state index contributed by atoms with van der Waals surface area (Å²) in [5.41, 5.74) is 2.74. The SMILES string of the molecule is Cc1ccncc1CN1CCC(N2CCNCC2)C1. The van der Waals surface area contributed by atoms with Gasteiger partial charge in [0.25, 0.3) is 0 Å². The summed E-state index contributed by atoms with van der Waals surface area (Å²) in [5, 5.41) is 3.43. The highest BCUT2D eigenvalue weighted by molar-refractivity contribution is 5.21. The number of hydrogen-bond donors (Lipinski definition) is 1. The van der Waals surface area contributed by atoms with E-state index < -0.39 is 0 Å². The fourth-order valence-corrected chi connectivity index (χ4v) is 3.20. The number of aromatic nitrogens is 1. The molecule has 3 heterocycles. The summed E-state index contributed by atoms with van der Waals surface area (Å²) in [6.45, 7) is 10.4. The van der Waals surface area contributed by atoms with Crippen LogP contribution in [0.3, 0.4) is 0 Å². The maximum absolute atomic E-state index is 4.25. The van der Waals surface area contributed by atoms with Crippen LogP contribution in [0.25, 0.3) is 0 Å². The summed E-state index contributed by atoms with van der Waals surface area (Å²) in [6, 6.07) is 2.87. The fraction of sp³-hybridized carbons (Fsp3) is 0.667. The number of piperazine rings is 1. The third-order valence-electron chi connectivity index (χ3n) is 4.46. The van der Waals surface area contributed by atoms with E-state index in [0.717, 1.165) is 25.7 Å². The van der Waals surface area contributed by atoms with Crippen molar-refractivity contribution in [3.05, 3.63) is 29.6 Å². The van der Waals surface area contributed by atoms with Crippen molar-refractivity contribution in [3.63, 3.8) is 0 Å². The Bertz CT molecular complexity index is 414. The Morgan fingerprint density at radius 3 is 2.95 bits per heavy atom. The van der Waals surface area contributed by atoms with Crippen molar-refractivity contribution in [2.75, 3.05) is 39.3 Å². The fourth-order valence-electron chi connectivity index (χ4n) is 3.20. The lowest BCUT2D eigenvalue weighted by Crippen LogP contribution is -2.49. The zero-order valence-corrected chi connectivity index (χ0v) is 11.8. The van der Waals surface area contributed by atoms with E-state index in [1.807, 2.05) is 12.4 Å². The van der Waals surface area contributed by atoms with Crippen molar-refractivity contribution in [1.82, 2.24) is 20.1 Å². The average Bonchev–Trinajstić information content (AvgIpc) is 2.91. The van der Waals surface area contributed by atoms with Crippen LogP contribution in [-0.4, -0.2) is 60.1 Å². The van der Waals surface area contributed by atoms with Crippen molar-refractivity contribution in [3.8, 4) is 0 Å². The minimum atomic E-state index is 0.763. The lowest BCUT2D eigenvalue weighted by Gasteiger charge is -2.32. The van der Waals surface area contributed by atoms with Crippen LogP contribution in [0.2, 0.25) is 0 Å². The smallest absolute Gasteiger partial charge is 0.0315 e. The minimum absolute atomic E-state index is 0.763. The molecule has 2 aliphatic rings. The largest absolute Gasteiger partial charge is 0.314 e. The molecule has 2 fully saturated rings. The van der Waals surface area contributed by atoms with Crippen LogP contribution >= 0.6 is 0 Å². The molecule has 104 valence electrons. The van der Waals surface area contributed by atoms with E-state index >= 15 is 0 Å². The van der Waals surface area contributed by atoms with E-state index in [0.29, 0.717) is 0 Å². The Morgan fingerprint density at radius 2 is 2.16 bits per heavy atom. The molecule has 4 heteroatoms. The normalized spacial score (nSPS) is 25.8. The molecule has 1 unspecified atom stereocenters. The molecule has 0 radical (unpaired) electrons. The summed E-state index contributed by atoms with van der Waals surface area (Å²) in [4.78, 5) is 9.49. The van der Waals surface area contributed by atoms with E-state index in [1.54, 1.807) is 0 Å². The molecule has 0 aliphatic carbocycles. The summed E-state index contributed by atoms with van der Waals surface area (Å²) in [7, 11) is 0. The summed E-state index contributed by atoms with van der Waals surface area (Å²) in [5.74, 6) is 0. The van der Waals surface area contributed by atoms with Gasteiger partial charge in [0, 0.05) is 64.2 Å². The number of likely N-dealkylation sites (tertiary alicyclic amines) is 1. The van der Waals surface area contributed by atoms with Crippen LogP contribution in [0, 0.1) is 6.92 Å². The molecule has 0 spiro atoms. The Labute approximate surface area is 115 Å². The Hall–Kier alpha value is -0.970. The second-order valence-electron chi connectivity index (χ2n) is 5.77. The van der Waals surface area contributed by atoms with Crippen LogP contribution in [0.1, 0.15) is 17.5 Å². The third-order valence-corrected chi connectivity index (χ3v) is 4.46. The van der Waals surface area contributed by atoms with Gasteiger partial charge >= 0.3 is 0 Å². The highest BCUT2D eigenvalue weighted by Crippen LogP contribution is 2.19. The maximum Gasteiger partial charge on any atom is 0.0315 e. The second-order valence-corrected chi connectivity index (χ2v) is 5.77. The van der Waals surface area contributed by atoms with Gasteiger partial charge in [-0.05, 0) is 30.5 Å². The number of nitrogens with zero attached hydrogens (tertiary/aromatic N) is 3. The number of pyridine rings is 1. The first kappa shape index (κ1) is 13.0. The lowest BCUT2D eigenvalue weighted by molar-refractivity contribution is 0.170. The van der Waals surface area contributed by atoms with Gasteiger partial charge in [-0.1, -0.05) is 0 Å². The first-order chi connectivity index (χ1) is 9.33. The van der Waals surface area contributed by atoms with Gasteiger partial charge in [-0.2, -0.15) is 0 Å². The van der Waals surface area contributed by atoms with Gasteiger partial charge in [0.05, 0.1) is 0 Å². The number of aryl methyl sites for hydroxylation is 1. The molecule has 2 aliphatic heterocycles. The van der Waals surface area contributed by atoms with Crippen molar-refractivity contribution in [2.24, 2.45) is 0 Å². The Balaban J connectivity index is 1.55. The molecular formula is C15H24N4. The number of hydrogen-bond acceptors (Lipinski definition) is 4. The standard InChI is InChI=1S/C15H24N4/c1-13-2-4-17-10-14(13)11-18-7-3-15(12-18)19-8-5-16-6-9-19/h2,4,10,15-16H,3,5-9,11-12H2,1H3. The molecule has 1 aromatic rings. The number of nitrogens with one attached hydrogen (secondary N) is 1. The summed E-state index contributed by atoms with van der Waals surface area (Å²) >= 11 is 0. The van der Waals surface area contributed by atoms with Crippen molar-refractivity contribution < 1.29 is 0 Å². The minimum Gasteiger partial charge on any atom is -0.314 e. The molecule has 4 nitrogen and oxygen atoms in total. The van der Waals surface area contributed by atoms with Gasteiger partial charge in [-0.15, -0.1) is 0 Å². The molecule has 0 saturated carbocycles. The zero-order chi connectivity index (χ0) is 13.1. The first-order valence-electron chi connectivity index (χ1n) is 7.39. The van der Waals surface area contributed by atoms with Crippen molar-refractivity contribution in [1.29, 1.82) is 0 Å². The molecule has 0 aromatic carbocycles. The van der Waals surface area contributed by atoms with E-state index in [1.165, 1.54) is 43.7 Å². The highest BCUT2D eigenvalue weighted by Gasteiger charge is 2.28. The molecule has 0 bridgehead atoms. The van der Waals surface area contributed by atoms with Gasteiger partial charge in [0.2, 0.25) is 0 Å². The molecular weight excluding hydrogens is 236 g/mol. The van der Waals surface area contributed by atoms with Crippen molar-refractivity contribution >= 4 is 0 Å². The quantitative estimate of drug-likeness (QED) is 0.874. The van der Waals surface area contributed by atoms with Crippen LogP contribution < -0.4 is 5.32 Å². The van der Waals surface area contributed by atoms with Crippen LogP contribution in [0.15, 0.2) is 18.5 Å². The van der Waals surface area contributed by atoms with Crippen molar-refractivity contribution in [2.45, 2.75) is 25.9 Å². The predicted molar refractivity (Wildman–Crippen MR) is 77.1 cm³/mol. The van der Waals surface area contributed by atoms with E-state index in [9.17, 15) is 0 Å². The van der Waals surface area contributed by atoms with Crippen LogP contribution in [0.4, 0.5) is 0 Å². The summed E-state index contributed by atoms with van der Waals surface area (Å²) < 4.78 is 0. The second kappa shape index (κ2) is 5.99. The zero-order valence-electron chi connectivity index (χ0n) is 11.8. The maximum atomic E-state index is 4.25. The third kappa shape index (κ3) is 3.14. The predicted octanol–water partition coefficient (Wildman–Crippen LogP) is 0.870. The summed E-state index contributed by atoms with van der Waals surface area (Å²) in [6.07, 6.45) is 5.22. The lowest BCUT2D eigenvalue weighted by atomic mass is 10.1. The van der Waals surface area contributed by atoms with Gasteiger partial charge in [-0.25, -0.2) is 0 Å². The molecule has 1 atom stereocenters. The van der Waals surface area contributed by atoms with Gasteiger partial charge in [0.15, 0.2) is 0 Å². The van der Waals surface area contributed by atoms with E-state index in [2.05, 4.69) is 33.1 Å². The molecule has 1 N–H and O–H groups in total. The number of rotatable bonds is 3.